The first-order valence-electron chi connectivity index (χ1n) is 6.82. The van der Waals surface area contributed by atoms with Gasteiger partial charge in [0.05, 0.1) is 19.4 Å². The monoisotopic (exact) mass is 317 g/mol. The van der Waals surface area contributed by atoms with Gasteiger partial charge in [-0.25, -0.2) is 17.9 Å². The van der Waals surface area contributed by atoms with Crippen LogP contribution in [0.2, 0.25) is 0 Å². The Morgan fingerprint density at radius 1 is 1.62 bits per heavy atom. The van der Waals surface area contributed by atoms with Gasteiger partial charge in [0.15, 0.2) is 5.03 Å². The Bertz CT molecular complexity index is 577. The molecule has 0 bridgehead atoms. The lowest BCUT2D eigenvalue weighted by atomic mass is 10.0. The summed E-state index contributed by atoms with van der Waals surface area (Å²) < 4.78 is 37.1. The molecule has 0 amide bonds. The predicted octanol–water partition coefficient (Wildman–Crippen LogP) is 0.291. The van der Waals surface area contributed by atoms with E-state index in [-0.39, 0.29) is 29.7 Å². The molecule has 1 saturated heterocycles. The fraction of sp³-hybridized carbons (Fsp3) is 0.667. The minimum absolute atomic E-state index is 0.0933. The second kappa shape index (κ2) is 7.01. The molecule has 1 unspecified atom stereocenters. The summed E-state index contributed by atoms with van der Waals surface area (Å²) in [4.78, 5) is 11.7. The van der Waals surface area contributed by atoms with E-state index in [1.54, 1.807) is 6.92 Å². The first-order valence-corrected chi connectivity index (χ1v) is 8.30. The number of hydrogen-bond acceptors (Lipinski definition) is 6. The van der Waals surface area contributed by atoms with Crippen LogP contribution in [-0.4, -0.2) is 50.9 Å². The summed E-state index contributed by atoms with van der Waals surface area (Å²) in [5.74, 6) is -0.574. The van der Waals surface area contributed by atoms with Crippen molar-refractivity contribution in [2.45, 2.75) is 24.8 Å². The summed E-state index contributed by atoms with van der Waals surface area (Å²) in [6.07, 6.45) is 2.98. The van der Waals surface area contributed by atoms with Gasteiger partial charge in [-0.2, -0.15) is 5.10 Å². The SMILES string of the molecule is CCOC(=O)c1cn[nH]c1S(=O)(=O)NCC1CCCOC1. The molecule has 1 fully saturated rings. The van der Waals surface area contributed by atoms with Crippen LogP contribution in [0.1, 0.15) is 30.1 Å². The van der Waals surface area contributed by atoms with Gasteiger partial charge in [0.25, 0.3) is 10.0 Å². The van der Waals surface area contributed by atoms with Crippen LogP contribution in [0.15, 0.2) is 11.2 Å². The van der Waals surface area contributed by atoms with Gasteiger partial charge in [0.1, 0.15) is 5.56 Å². The number of ether oxygens (including phenoxy) is 2. The van der Waals surface area contributed by atoms with Crippen LogP contribution in [0.5, 0.6) is 0 Å². The van der Waals surface area contributed by atoms with E-state index in [1.165, 1.54) is 0 Å². The van der Waals surface area contributed by atoms with Crippen molar-refractivity contribution in [1.29, 1.82) is 0 Å². The highest BCUT2D eigenvalue weighted by Gasteiger charge is 2.27. The number of esters is 1. The summed E-state index contributed by atoms with van der Waals surface area (Å²) in [6, 6.07) is 0. The summed E-state index contributed by atoms with van der Waals surface area (Å²) in [6.45, 7) is 3.33. The van der Waals surface area contributed by atoms with Gasteiger partial charge in [-0.05, 0) is 25.7 Å². The number of aromatic nitrogens is 2. The number of H-pyrrole nitrogens is 1. The minimum atomic E-state index is -3.83. The molecule has 0 aromatic carbocycles. The lowest BCUT2D eigenvalue weighted by molar-refractivity contribution is 0.0521. The van der Waals surface area contributed by atoms with Gasteiger partial charge in [0, 0.05) is 13.2 Å². The molecule has 1 aromatic heterocycles. The van der Waals surface area contributed by atoms with Crippen LogP contribution >= 0.6 is 0 Å². The third-order valence-corrected chi connectivity index (χ3v) is 4.58. The fourth-order valence-electron chi connectivity index (χ4n) is 2.10. The number of carbonyl (C=O) groups excluding carboxylic acids is 1. The van der Waals surface area contributed by atoms with E-state index in [4.69, 9.17) is 9.47 Å². The van der Waals surface area contributed by atoms with Gasteiger partial charge < -0.3 is 9.47 Å². The highest BCUT2D eigenvalue weighted by molar-refractivity contribution is 7.89. The Morgan fingerprint density at radius 3 is 3.10 bits per heavy atom. The predicted molar refractivity (Wildman–Crippen MR) is 73.3 cm³/mol. The number of aromatic amines is 1. The van der Waals surface area contributed by atoms with Crippen LogP contribution in [0.3, 0.4) is 0 Å². The molecule has 2 N–H and O–H groups in total. The van der Waals surface area contributed by atoms with Gasteiger partial charge in [-0.15, -0.1) is 0 Å². The molecule has 1 aliphatic rings. The van der Waals surface area contributed by atoms with E-state index in [0.717, 1.165) is 25.6 Å². The number of hydrogen-bond donors (Lipinski definition) is 2. The molecule has 0 spiro atoms. The highest BCUT2D eigenvalue weighted by atomic mass is 32.2. The molecule has 21 heavy (non-hydrogen) atoms. The van der Waals surface area contributed by atoms with Crippen molar-refractivity contribution in [3.63, 3.8) is 0 Å². The van der Waals surface area contributed by atoms with Crippen LogP contribution in [0.25, 0.3) is 0 Å². The average Bonchev–Trinajstić information content (AvgIpc) is 2.97. The minimum Gasteiger partial charge on any atom is -0.462 e. The molecule has 1 aromatic rings. The zero-order valence-corrected chi connectivity index (χ0v) is 12.6. The molecule has 1 atom stereocenters. The Hall–Kier alpha value is -1.45. The van der Waals surface area contributed by atoms with E-state index in [0.29, 0.717) is 6.61 Å². The van der Waals surface area contributed by atoms with Crippen molar-refractivity contribution < 1.29 is 22.7 Å². The van der Waals surface area contributed by atoms with E-state index in [9.17, 15) is 13.2 Å². The van der Waals surface area contributed by atoms with Crippen molar-refractivity contribution in [2.24, 2.45) is 5.92 Å². The first-order chi connectivity index (χ1) is 10.0. The number of nitrogens with one attached hydrogen (secondary N) is 2. The number of nitrogens with zero attached hydrogens (tertiary/aromatic N) is 1. The molecule has 0 saturated carbocycles. The molecular weight excluding hydrogens is 298 g/mol. The van der Waals surface area contributed by atoms with Crippen LogP contribution in [-0.2, 0) is 19.5 Å². The lowest BCUT2D eigenvalue weighted by Crippen LogP contribution is -2.34. The first kappa shape index (κ1) is 15.9. The standard InChI is InChI=1S/C12H19N3O5S/c1-2-20-12(16)10-7-13-15-11(10)21(17,18)14-6-9-4-3-5-19-8-9/h7,9,14H,2-6,8H2,1H3,(H,13,15). The number of rotatable bonds is 6. The zero-order chi connectivity index (χ0) is 15.3. The fourth-order valence-corrected chi connectivity index (χ4v) is 3.30. The lowest BCUT2D eigenvalue weighted by Gasteiger charge is -2.22. The third kappa shape index (κ3) is 4.02. The van der Waals surface area contributed by atoms with Crippen LogP contribution in [0.4, 0.5) is 0 Å². The largest absolute Gasteiger partial charge is 0.462 e. The molecule has 0 radical (unpaired) electrons. The molecule has 2 heterocycles. The number of sulfonamides is 1. The van der Waals surface area contributed by atoms with E-state index >= 15 is 0 Å². The Kier molecular flexibility index (Phi) is 5.32. The molecule has 0 aliphatic carbocycles. The van der Waals surface area contributed by atoms with Crippen LogP contribution in [0, 0.1) is 5.92 Å². The van der Waals surface area contributed by atoms with E-state index in [1.807, 2.05) is 0 Å². The summed E-state index contributed by atoms with van der Waals surface area (Å²) >= 11 is 0. The second-order valence-electron chi connectivity index (χ2n) is 4.77. The molecule has 1 aliphatic heterocycles. The smallest absolute Gasteiger partial charge is 0.342 e. The topological polar surface area (TPSA) is 110 Å². The molecule has 118 valence electrons. The maximum atomic E-state index is 12.2. The maximum absolute atomic E-state index is 12.2. The second-order valence-corrected chi connectivity index (χ2v) is 6.47. The third-order valence-electron chi connectivity index (χ3n) is 3.19. The highest BCUT2D eigenvalue weighted by Crippen LogP contribution is 2.16. The number of carbonyl (C=O) groups is 1. The van der Waals surface area contributed by atoms with Gasteiger partial charge in [-0.1, -0.05) is 0 Å². The summed E-state index contributed by atoms with van der Waals surface area (Å²) in [5.41, 5.74) is -0.0933. The van der Waals surface area contributed by atoms with Crippen molar-refractivity contribution in [2.75, 3.05) is 26.4 Å². The van der Waals surface area contributed by atoms with E-state index < -0.39 is 16.0 Å². The normalized spacial score (nSPS) is 19.4. The molecule has 9 heteroatoms. The van der Waals surface area contributed by atoms with Gasteiger partial charge >= 0.3 is 5.97 Å². The Balaban J connectivity index is 2.05. The molecular formula is C12H19N3O5S. The van der Waals surface area contributed by atoms with Crippen LogP contribution < -0.4 is 4.72 Å². The molecule has 2 rings (SSSR count). The van der Waals surface area contributed by atoms with Crippen molar-refractivity contribution in [1.82, 2.24) is 14.9 Å². The van der Waals surface area contributed by atoms with E-state index in [2.05, 4.69) is 14.9 Å². The quantitative estimate of drug-likeness (QED) is 0.730. The maximum Gasteiger partial charge on any atom is 0.342 e. The average molecular weight is 317 g/mol. The van der Waals surface area contributed by atoms with Crippen molar-refractivity contribution in [3.05, 3.63) is 11.8 Å². The Labute approximate surface area is 123 Å². The Morgan fingerprint density at radius 2 is 2.43 bits per heavy atom. The van der Waals surface area contributed by atoms with Crippen molar-refractivity contribution >= 4 is 16.0 Å². The summed E-state index contributed by atoms with van der Waals surface area (Å²) in [5, 5.41) is 5.69. The zero-order valence-electron chi connectivity index (χ0n) is 11.8. The van der Waals surface area contributed by atoms with Gasteiger partial charge in [-0.3, -0.25) is 5.10 Å². The summed E-state index contributed by atoms with van der Waals surface area (Å²) in [7, 11) is -3.83. The van der Waals surface area contributed by atoms with Crippen molar-refractivity contribution in [3.8, 4) is 0 Å². The van der Waals surface area contributed by atoms with Gasteiger partial charge in [0.2, 0.25) is 0 Å². The molecule has 8 nitrogen and oxygen atoms in total.